The van der Waals surface area contributed by atoms with E-state index in [4.69, 9.17) is 16.1 Å². The highest BCUT2D eigenvalue weighted by Gasteiger charge is 2.13. The van der Waals surface area contributed by atoms with Crippen LogP contribution >= 0.6 is 22.9 Å². The number of nitrogens with zero attached hydrogens (tertiary/aromatic N) is 2. The van der Waals surface area contributed by atoms with Gasteiger partial charge in [0.15, 0.2) is 5.82 Å². The Labute approximate surface area is 140 Å². The van der Waals surface area contributed by atoms with E-state index in [0.717, 1.165) is 5.56 Å². The highest BCUT2D eigenvalue weighted by molar-refractivity contribution is 7.08. The fourth-order valence-electron chi connectivity index (χ4n) is 1.90. The Balaban J connectivity index is 1.58. The second-order valence-electron chi connectivity index (χ2n) is 4.67. The minimum atomic E-state index is -0.653. The average molecular weight is 352 g/mol. The number of carbonyl (C=O) groups excluding carboxylic acids is 1. The van der Waals surface area contributed by atoms with Gasteiger partial charge >= 0.3 is 0 Å². The van der Waals surface area contributed by atoms with Crippen molar-refractivity contribution in [3.63, 3.8) is 0 Å². The molecule has 8 heteroatoms. The van der Waals surface area contributed by atoms with Crippen molar-refractivity contribution in [2.75, 3.05) is 5.32 Å². The summed E-state index contributed by atoms with van der Waals surface area (Å²) in [5.74, 6) is -0.169. The van der Waals surface area contributed by atoms with Gasteiger partial charge in [0.25, 0.3) is 0 Å². The number of carbonyl (C=O) groups is 1. The number of hydrogen-bond acceptors (Lipinski definition) is 5. The number of hydrogen-bond donors (Lipinski definition) is 1. The topological polar surface area (TPSA) is 68.0 Å². The number of benzene rings is 1. The Bertz CT molecular complexity index is 820. The van der Waals surface area contributed by atoms with Crippen molar-refractivity contribution in [1.29, 1.82) is 0 Å². The zero-order chi connectivity index (χ0) is 16.2. The predicted molar refractivity (Wildman–Crippen MR) is 86.0 cm³/mol. The van der Waals surface area contributed by atoms with Crippen molar-refractivity contribution in [3.05, 3.63) is 51.8 Å². The molecule has 0 atom stereocenters. The van der Waals surface area contributed by atoms with E-state index in [9.17, 15) is 9.18 Å². The first-order valence-corrected chi connectivity index (χ1v) is 8.04. The van der Waals surface area contributed by atoms with Crippen LogP contribution < -0.4 is 5.32 Å². The summed E-state index contributed by atoms with van der Waals surface area (Å²) in [6.07, 6.45) is 0.363. The highest BCUT2D eigenvalue weighted by atomic mass is 35.5. The molecule has 0 aliphatic rings. The highest BCUT2D eigenvalue weighted by Crippen LogP contribution is 2.22. The maximum Gasteiger partial charge on any atom is 0.227 e. The molecule has 0 radical (unpaired) electrons. The third-order valence-corrected chi connectivity index (χ3v) is 4.01. The van der Waals surface area contributed by atoms with Crippen molar-refractivity contribution in [1.82, 2.24) is 10.1 Å². The van der Waals surface area contributed by atoms with Gasteiger partial charge < -0.3 is 9.84 Å². The number of anilines is 1. The number of halogens is 2. The normalized spacial score (nSPS) is 10.7. The van der Waals surface area contributed by atoms with Crippen LogP contribution in [0.1, 0.15) is 12.3 Å². The molecule has 0 unspecified atom stereocenters. The zero-order valence-electron chi connectivity index (χ0n) is 11.8. The van der Waals surface area contributed by atoms with Gasteiger partial charge in [-0.25, -0.2) is 4.39 Å². The smallest absolute Gasteiger partial charge is 0.227 e. The van der Waals surface area contributed by atoms with Crippen LogP contribution in [0.15, 0.2) is 39.5 Å². The molecule has 0 spiro atoms. The Morgan fingerprint density at radius 3 is 3.04 bits per heavy atom. The first-order chi connectivity index (χ1) is 11.1. The number of aromatic nitrogens is 2. The van der Waals surface area contributed by atoms with Gasteiger partial charge in [-0.3, -0.25) is 4.79 Å². The molecular weight excluding hydrogens is 341 g/mol. The fraction of sp³-hybridized carbons (Fsp3) is 0.133. The molecule has 3 rings (SSSR count). The summed E-state index contributed by atoms with van der Waals surface area (Å²) in [6.45, 7) is 0. The largest absolute Gasteiger partial charge is 0.339 e. The van der Waals surface area contributed by atoms with Gasteiger partial charge in [0.05, 0.1) is 10.7 Å². The number of thiophene rings is 1. The van der Waals surface area contributed by atoms with E-state index in [-0.39, 0.29) is 29.5 Å². The van der Waals surface area contributed by atoms with Gasteiger partial charge in [0.1, 0.15) is 0 Å². The van der Waals surface area contributed by atoms with Crippen LogP contribution in [-0.4, -0.2) is 16.0 Å². The van der Waals surface area contributed by atoms with Crippen LogP contribution in [-0.2, 0) is 11.2 Å². The van der Waals surface area contributed by atoms with Crippen LogP contribution in [0.5, 0.6) is 0 Å². The Morgan fingerprint density at radius 1 is 1.39 bits per heavy atom. The molecule has 1 aromatic carbocycles. The fourth-order valence-corrected chi connectivity index (χ4v) is 2.71. The number of nitrogens with one attached hydrogen (secondary N) is 1. The molecule has 1 N–H and O–H groups in total. The SMILES string of the molecule is O=C(CCc1nc(-c2ccsc2)no1)Nc1cccc(Cl)c1F. The van der Waals surface area contributed by atoms with Crippen molar-refractivity contribution in [2.24, 2.45) is 0 Å². The molecule has 0 aliphatic carbocycles. The van der Waals surface area contributed by atoms with Crippen LogP contribution in [0.25, 0.3) is 11.4 Å². The third kappa shape index (κ3) is 3.75. The number of amides is 1. The van der Waals surface area contributed by atoms with Crippen LogP contribution in [0.3, 0.4) is 0 Å². The van der Waals surface area contributed by atoms with Crippen LogP contribution in [0, 0.1) is 5.82 Å². The van der Waals surface area contributed by atoms with Crippen LogP contribution in [0.2, 0.25) is 5.02 Å². The lowest BCUT2D eigenvalue weighted by atomic mass is 10.2. The summed E-state index contributed by atoms with van der Waals surface area (Å²) >= 11 is 7.20. The minimum absolute atomic E-state index is 0.0416. The maximum absolute atomic E-state index is 13.7. The second-order valence-corrected chi connectivity index (χ2v) is 5.86. The van der Waals surface area contributed by atoms with E-state index < -0.39 is 5.82 Å². The van der Waals surface area contributed by atoms with Crippen molar-refractivity contribution in [3.8, 4) is 11.4 Å². The van der Waals surface area contributed by atoms with Gasteiger partial charge in [-0.05, 0) is 23.6 Å². The summed E-state index contributed by atoms with van der Waals surface area (Å²) in [5.41, 5.74) is 0.919. The predicted octanol–water partition coefficient (Wildman–Crippen LogP) is 4.16. The summed E-state index contributed by atoms with van der Waals surface area (Å²) in [5, 5.41) is 10.1. The molecule has 0 aliphatic heterocycles. The van der Waals surface area contributed by atoms with Crippen LogP contribution in [0.4, 0.5) is 10.1 Å². The van der Waals surface area contributed by atoms with Gasteiger partial charge in [-0.2, -0.15) is 16.3 Å². The van der Waals surface area contributed by atoms with E-state index in [1.165, 1.54) is 23.5 Å². The first kappa shape index (κ1) is 15.6. The molecular formula is C15H11ClFN3O2S. The summed E-state index contributed by atoms with van der Waals surface area (Å²) in [4.78, 5) is 16.1. The minimum Gasteiger partial charge on any atom is -0.339 e. The van der Waals surface area contributed by atoms with E-state index >= 15 is 0 Å². The van der Waals surface area contributed by atoms with Crippen molar-refractivity contribution >= 4 is 34.5 Å². The molecule has 23 heavy (non-hydrogen) atoms. The number of rotatable bonds is 5. The monoisotopic (exact) mass is 351 g/mol. The molecule has 0 saturated carbocycles. The first-order valence-electron chi connectivity index (χ1n) is 6.72. The molecule has 0 fully saturated rings. The molecule has 3 aromatic rings. The molecule has 0 saturated heterocycles. The van der Waals surface area contributed by atoms with Crippen molar-refractivity contribution < 1.29 is 13.7 Å². The Morgan fingerprint density at radius 2 is 2.26 bits per heavy atom. The molecule has 2 heterocycles. The quantitative estimate of drug-likeness (QED) is 0.749. The second kappa shape index (κ2) is 6.89. The summed E-state index contributed by atoms with van der Waals surface area (Å²) < 4.78 is 18.8. The van der Waals surface area contributed by atoms with Gasteiger partial charge in [-0.1, -0.05) is 22.8 Å². The van der Waals surface area contributed by atoms with Gasteiger partial charge in [-0.15, -0.1) is 0 Å². The molecule has 118 valence electrons. The average Bonchev–Trinajstić information content (AvgIpc) is 3.20. The maximum atomic E-state index is 13.7. The Kier molecular flexibility index (Phi) is 4.68. The molecule has 0 bridgehead atoms. The van der Waals surface area contributed by atoms with E-state index in [1.54, 1.807) is 6.07 Å². The summed E-state index contributed by atoms with van der Waals surface area (Å²) in [7, 11) is 0. The Hall–Kier alpha value is -2.25. The van der Waals surface area contributed by atoms with E-state index in [2.05, 4.69) is 15.5 Å². The zero-order valence-corrected chi connectivity index (χ0v) is 13.3. The van der Waals surface area contributed by atoms with Gasteiger partial charge in [0, 0.05) is 23.8 Å². The van der Waals surface area contributed by atoms with Gasteiger partial charge in [0.2, 0.25) is 17.6 Å². The lowest BCUT2D eigenvalue weighted by molar-refractivity contribution is -0.116. The van der Waals surface area contributed by atoms with E-state index in [1.807, 2.05) is 16.8 Å². The van der Waals surface area contributed by atoms with Crippen molar-refractivity contribution in [2.45, 2.75) is 12.8 Å². The molecule has 1 amide bonds. The van der Waals surface area contributed by atoms with E-state index in [0.29, 0.717) is 11.7 Å². The summed E-state index contributed by atoms with van der Waals surface area (Å²) in [6, 6.07) is 6.30. The standard InChI is InChI=1S/C15H11ClFN3O2S/c16-10-2-1-3-11(14(10)17)18-12(21)4-5-13-19-15(20-22-13)9-6-7-23-8-9/h1-3,6-8H,4-5H2,(H,18,21). The molecule has 5 nitrogen and oxygen atoms in total. The number of aryl methyl sites for hydroxylation is 1. The lowest BCUT2D eigenvalue weighted by Crippen LogP contribution is -2.13. The third-order valence-electron chi connectivity index (χ3n) is 3.04. The molecule has 2 aromatic heterocycles. The lowest BCUT2D eigenvalue weighted by Gasteiger charge is -2.06.